The second kappa shape index (κ2) is 6.96. The van der Waals surface area contributed by atoms with E-state index in [4.69, 9.17) is 5.26 Å². The molecule has 0 spiro atoms. The number of rotatable bonds is 4. The third kappa shape index (κ3) is 3.33. The first kappa shape index (κ1) is 17.4. The smallest absolute Gasteiger partial charge is 0.340 e. The van der Waals surface area contributed by atoms with E-state index >= 15 is 0 Å². The van der Waals surface area contributed by atoms with Crippen molar-refractivity contribution in [3.8, 4) is 6.07 Å². The zero-order valence-corrected chi connectivity index (χ0v) is 14.9. The van der Waals surface area contributed by atoms with Crippen LogP contribution in [0.2, 0.25) is 0 Å². The van der Waals surface area contributed by atoms with Gasteiger partial charge in [0.05, 0.1) is 18.2 Å². The molecule has 0 aliphatic heterocycles. The van der Waals surface area contributed by atoms with Gasteiger partial charge in [0.25, 0.3) is 5.78 Å². The molecule has 2 heterocycles. The first-order valence-corrected chi connectivity index (χ1v) is 8.52. The number of aryl methyl sites for hydroxylation is 1. The Morgan fingerprint density at radius 1 is 1.18 bits per heavy atom. The van der Waals surface area contributed by atoms with Crippen molar-refractivity contribution >= 4 is 17.3 Å². The van der Waals surface area contributed by atoms with Crippen LogP contribution in [-0.2, 0) is 6.54 Å². The molecule has 2 aromatic carbocycles. The van der Waals surface area contributed by atoms with Crippen molar-refractivity contribution in [1.29, 1.82) is 5.26 Å². The Morgan fingerprint density at radius 2 is 1.96 bits per heavy atom. The Hall–Kier alpha value is -3.99. The summed E-state index contributed by atoms with van der Waals surface area (Å²) < 4.78 is 15.8. The van der Waals surface area contributed by atoms with Crippen LogP contribution < -0.4 is 11.0 Å². The molecule has 138 valence electrons. The number of hydrogen-bond acceptors (Lipinski definition) is 5. The van der Waals surface area contributed by atoms with E-state index in [9.17, 15) is 9.18 Å². The van der Waals surface area contributed by atoms with Crippen LogP contribution in [0.5, 0.6) is 0 Å². The SMILES string of the molecule is Cc1cc(Nc2ccc(F)cc2)nc2nn(Cc3cccc(C#N)c3)c(=O)n12. The highest BCUT2D eigenvalue weighted by Gasteiger charge is 2.12. The Morgan fingerprint density at radius 3 is 2.71 bits per heavy atom. The quantitative estimate of drug-likeness (QED) is 0.593. The highest BCUT2D eigenvalue weighted by molar-refractivity contribution is 5.58. The number of halogens is 1. The van der Waals surface area contributed by atoms with E-state index in [0.717, 1.165) is 5.56 Å². The normalized spacial score (nSPS) is 10.8. The summed E-state index contributed by atoms with van der Waals surface area (Å²) in [5.74, 6) is 0.433. The molecule has 4 aromatic rings. The molecule has 0 aliphatic rings. The number of nitrogens with one attached hydrogen (secondary N) is 1. The zero-order chi connectivity index (χ0) is 19.7. The van der Waals surface area contributed by atoms with E-state index < -0.39 is 0 Å². The molecule has 28 heavy (non-hydrogen) atoms. The van der Waals surface area contributed by atoms with E-state index in [-0.39, 0.29) is 23.8 Å². The first-order chi connectivity index (χ1) is 13.5. The van der Waals surface area contributed by atoms with Crippen LogP contribution in [0.25, 0.3) is 5.78 Å². The van der Waals surface area contributed by atoms with Crippen molar-refractivity contribution in [2.24, 2.45) is 0 Å². The second-order valence-corrected chi connectivity index (χ2v) is 6.30. The number of benzene rings is 2. The van der Waals surface area contributed by atoms with Crippen LogP contribution in [0, 0.1) is 24.1 Å². The van der Waals surface area contributed by atoms with E-state index in [1.165, 1.54) is 21.2 Å². The van der Waals surface area contributed by atoms with Crippen LogP contribution in [0.15, 0.2) is 59.4 Å². The maximum absolute atomic E-state index is 13.1. The number of hydrogen-bond donors (Lipinski definition) is 1. The summed E-state index contributed by atoms with van der Waals surface area (Å²) in [6.07, 6.45) is 0. The molecular weight excluding hydrogens is 359 g/mol. The lowest BCUT2D eigenvalue weighted by atomic mass is 10.1. The van der Waals surface area contributed by atoms with Gasteiger partial charge in [0, 0.05) is 17.4 Å². The lowest BCUT2D eigenvalue weighted by Gasteiger charge is -2.06. The van der Waals surface area contributed by atoms with Crippen LogP contribution in [0.3, 0.4) is 0 Å². The third-order valence-corrected chi connectivity index (χ3v) is 4.25. The lowest BCUT2D eigenvalue weighted by molar-refractivity contribution is 0.628. The van der Waals surface area contributed by atoms with Gasteiger partial charge in [0.1, 0.15) is 11.6 Å². The Balaban J connectivity index is 1.69. The maximum atomic E-state index is 13.1. The molecule has 0 aliphatic carbocycles. The molecule has 0 radical (unpaired) electrons. The van der Waals surface area contributed by atoms with Crippen molar-refractivity contribution in [1.82, 2.24) is 19.2 Å². The molecule has 0 atom stereocenters. The summed E-state index contributed by atoms with van der Waals surface area (Å²) >= 11 is 0. The average Bonchev–Trinajstić information content (AvgIpc) is 2.99. The minimum Gasteiger partial charge on any atom is -0.340 e. The highest BCUT2D eigenvalue weighted by Crippen LogP contribution is 2.16. The maximum Gasteiger partial charge on any atom is 0.352 e. The van der Waals surface area contributed by atoms with E-state index in [1.54, 1.807) is 43.3 Å². The number of aromatic nitrogens is 4. The minimum atomic E-state index is -0.323. The predicted molar refractivity (Wildman–Crippen MR) is 102 cm³/mol. The van der Waals surface area contributed by atoms with Crippen molar-refractivity contribution < 1.29 is 4.39 Å². The molecule has 7 nitrogen and oxygen atoms in total. The number of nitriles is 1. The number of anilines is 2. The molecule has 0 saturated heterocycles. The largest absolute Gasteiger partial charge is 0.352 e. The Kier molecular flexibility index (Phi) is 4.33. The molecule has 8 heteroatoms. The van der Waals surface area contributed by atoms with Gasteiger partial charge in [-0.2, -0.15) is 10.2 Å². The fourth-order valence-electron chi connectivity index (χ4n) is 2.94. The van der Waals surface area contributed by atoms with Gasteiger partial charge in [-0.25, -0.2) is 18.3 Å². The summed E-state index contributed by atoms with van der Waals surface area (Å²) in [5.41, 5.74) is 2.35. The highest BCUT2D eigenvalue weighted by atomic mass is 19.1. The second-order valence-electron chi connectivity index (χ2n) is 6.30. The van der Waals surface area contributed by atoms with Gasteiger partial charge in [-0.15, -0.1) is 5.10 Å². The summed E-state index contributed by atoms with van der Waals surface area (Å²) in [4.78, 5) is 17.1. The van der Waals surface area contributed by atoms with Gasteiger partial charge in [-0.1, -0.05) is 12.1 Å². The van der Waals surface area contributed by atoms with Gasteiger partial charge < -0.3 is 5.32 Å². The lowest BCUT2D eigenvalue weighted by Crippen LogP contribution is -2.22. The van der Waals surface area contributed by atoms with Crippen LogP contribution in [-0.4, -0.2) is 19.2 Å². The molecule has 0 bridgehead atoms. The molecule has 4 rings (SSSR count). The van der Waals surface area contributed by atoms with Crippen LogP contribution >= 0.6 is 0 Å². The van der Waals surface area contributed by atoms with Gasteiger partial charge in [-0.05, 0) is 48.9 Å². The van der Waals surface area contributed by atoms with Gasteiger partial charge >= 0.3 is 5.69 Å². The van der Waals surface area contributed by atoms with Crippen molar-refractivity contribution in [2.75, 3.05) is 5.32 Å². The number of nitrogens with zero attached hydrogens (tertiary/aromatic N) is 5. The van der Waals surface area contributed by atoms with E-state index in [0.29, 0.717) is 22.8 Å². The Bertz CT molecular complexity index is 1270. The fourth-order valence-corrected chi connectivity index (χ4v) is 2.94. The number of fused-ring (bicyclic) bond motifs is 1. The topological polar surface area (TPSA) is 88.0 Å². The van der Waals surface area contributed by atoms with Crippen LogP contribution in [0.4, 0.5) is 15.9 Å². The molecule has 1 N–H and O–H groups in total. The molecule has 0 unspecified atom stereocenters. The summed E-state index contributed by atoms with van der Waals surface area (Å²) in [5, 5.41) is 16.4. The predicted octanol–water partition coefficient (Wildman–Crippen LogP) is 3.00. The van der Waals surface area contributed by atoms with Crippen molar-refractivity contribution in [3.05, 3.63) is 87.7 Å². The standard InChI is InChI=1S/C20H15FN6O/c1-13-9-18(23-17-7-5-16(21)6-8-17)24-19-25-26(20(28)27(13)19)12-15-4-2-3-14(10-15)11-22/h2-10H,12H2,1H3,(H,23,24,25). The summed E-state index contributed by atoms with van der Waals surface area (Å²) in [6, 6.07) is 16.7. The zero-order valence-electron chi connectivity index (χ0n) is 14.9. The van der Waals surface area contributed by atoms with Crippen molar-refractivity contribution in [2.45, 2.75) is 13.5 Å². The molecule has 0 fully saturated rings. The van der Waals surface area contributed by atoms with Crippen molar-refractivity contribution in [3.63, 3.8) is 0 Å². The molecule has 0 saturated carbocycles. The molecule has 2 aromatic heterocycles. The minimum absolute atomic E-state index is 0.234. The first-order valence-electron chi connectivity index (χ1n) is 8.52. The molecular formula is C20H15FN6O. The third-order valence-electron chi connectivity index (χ3n) is 4.25. The van der Waals surface area contributed by atoms with Gasteiger partial charge in [0.15, 0.2) is 0 Å². The van der Waals surface area contributed by atoms with E-state index in [2.05, 4.69) is 21.5 Å². The fraction of sp³-hybridized carbons (Fsp3) is 0.100. The van der Waals surface area contributed by atoms with E-state index in [1.807, 2.05) is 6.07 Å². The summed E-state index contributed by atoms with van der Waals surface area (Å²) in [6.45, 7) is 2.02. The monoisotopic (exact) mass is 374 g/mol. The van der Waals surface area contributed by atoms with Gasteiger partial charge in [0.2, 0.25) is 0 Å². The summed E-state index contributed by atoms with van der Waals surface area (Å²) in [7, 11) is 0. The molecule has 0 amide bonds. The van der Waals surface area contributed by atoms with Crippen LogP contribution in [0.1, 0.15) is 16.8 Å². The Labute approximate surface area is 159 Å². The van der Waals surface area contributed by atoms with Gasteiger partial charge in [-0.3, -0.25) is 0 Å². The average molecular weight is 374 g/mol.